The first-order chi connectivity index (χ1) is 10.3. The van der Waals surface area contributed by atoms with Crippen molar-refractivity contribution in [2.45, 2.75) is 51.2 Å². The van der Waals surface area contributed by atoms with Gasteiger partial charge in [0, 0.05) is 33.2 Å². The summed E-state index contributed by atoms with van der Waals surface area (Å²) in [6.07, 6.45) is 4.22. The lowest BCUT2D eigenvalue weighted by Gasteiger charge is -2.43. The van der Waals surface area contributed by atoms with Crippen LogP contribution in [0.4, 0.5) is 0 Å². The van der Waals surface area contributed by atoms with Crippen LogP contribution in [-0.4, -0.2) is 32.5 Å². The largest absolute Gasteiger partial charge is 0.381 e. The van der Waals surface area contributed by atoms with Gasteiger partial charge in [0.25, 0.3) is 0 Å². The Kier molecular flexibility index (Phi) is 6.22. The van der Waals surface area contributed by atoms with E-state index in [-0.39, 0.29) is 11.6 Å². The molecule has 2 rings (SSSR count). The summed E-state index contributed by atoms with van der Waals surface area (Å²) in [4.78, 5) is 0. The van der Waals surface area contributed by atoms with Crippen LogP contribution in [0.1, 0.15) is 50.3 Å². The van der Waals surface area contributed by atoms with Crippen LogP contribution in [0, 0.1) is 0 Å². The molecular weight excluding hydrogens is 262 g/mol. The average molecular weight is 291 g/mol. The Hall–Kier alpha value is -0.900. The van der Waals surface area contributed by atoms with Crippen LogP contribution in [0.3, 0.4) is 0 Å². The van der Waals surface area contributed by atoms with Crippen LogP contribution >= 0.6 is 0 Å². The molecule has 118 valence electrons. The van der Waals surface area contributed by atoms with Gasteiger partial charge in [-0.1, -0.05) is 44.5 Å². The molecule has 1 aromatic rings. The first-order valence-corrected chi connectivity index (χ1v) is 8.21. The van der Waals surface area contributed by atoms with E-state index in [4.69, 9.17) is 9.47 Å². The Balaban J connectivity index is 2.24. The predicted molar refractivity (Wildman–Crippen MR) is 86.6 cm³/mol. The van der Waals surface area contributed by atoms with Crippen molar-refractivity contribution in [3.05, 3.63) is 35.4 Å². The highest BCUT2D eigenvalue weighted by molar-refractivity contribution is 5.27. The van der Waals surface area contributed by atoms with Crippen molar-refractivity contribution in [3.8, 4) is 0 Å². The molecule has 0 spiro atoms. The maximum Gasteiger partial charge on any atom is 0.0916 e. The molecule has 21 heavy (non-hydrogen) atoms. The molecule has 1 aliphatic rings. The molecule has 0 bridgehead atoms. The van der Waals surface area contributed by atoms with Gasteiger partial charge < -0.3 is 14.8 Å². The van der Waals surface area contributed by atoms with Crippen LogP contribution in [0.5, 0.6) is 0 Å². The van der Waals surface area contributed by atoms with Crippen molar-refractivity contribution in [3.63, 3.8) is 0 Å². The first kappa shape index (κ1) is 16.5. The minimum Gasteiger partial charge on any atom is -0.381 e. The summed E-state index contributed by atoms with van der Waals surface area (Å²) in [6, 6.07) is 9.26. The lowest BCUT2D eigenvalue weighted by molar-refractivity contribution is -0.111. The van der Waals surface area contributed by atoms with Crippen LogP contribution in [0.15, 0.2) is 24.3 Å². The summed E-state index contributed by atoms with van der Waals surface area (Å²) in [6.45, 7) is 6.87. The lowest BCUT2D eigenvalue weighted by Crippen LogP contribution is -2.49. The lowest BCUT2D eigenvalue weighted by atomic mass is 9.81. The van der Waals surface area contributed by atoms with Crippen LogP contribution in [0.25, 0.3) is 0 Å². The molecular formula is C18H29NO2. The Morgan fingerprint density at radius 2 is 1.86 bits per heavy atom. The first-order valence-electron chi connectivity index (χ1n) is 8.21. The van der Waals surface area contributed by atoms with Crippen molar-refractivity contribution in [1.29, 1.82) is 0 Å². The van der Waals surface area contributed by atoms with Gasteiger partial charge in [-0.25, -0.2) is 0 Å². The number of benzene rings is 1. The summed E-state index contributed by atoms with van der Waals surface area (Å²) in [7, 11) is 1.83. The van der Waals surface area contributed by atoms with E-state index >= 15 is 0 Å². The molecule has 1 heterocycles. The maximum absolute atomic E-state index is 5.98. The zero-order valence-electron chi connectivity index (χ0n) is 13.7. The number of ether oxygens (including phenoxy) is 2. The second kappa shape index (κ2) is 7.92. The van der Waals surface area contributed by atoms with E-state index in [0.29, 0.717) is 0 Å². The van der Waals surface area contributed by atoms with Gasteiger partial charge in [0.05, 0.1) is 11.6 Å². The van der Waals surface area contributed by atoms with Crippen LogP contribution < -0.4 is 5.32 Å². The Bertz CT molecular complexity index is 410. The van der Waals surface area contributed by atoms with E-state index in [1.807, 2.05) is 7.11 Å². The summed E-state index contributed by atoms with van der Waals surface area (Å²) >= 11 is 0. The summed E-state index contributed by atoms with van der Waals surface area (Å²) in [5.74, 6) is 0. The van der Waals surface area contributed by atoms with Gasteiger partial charge in [0.15, 0.2) is 0 Å². The number of methoxy groups -OCH3 is 1. The van der Waals surface area contributed by atoms with Gasteiger partial charge in [-0.3, -0.25) is 0 Å². The minimum atomic E-state index is -0.152. The molecule has 1 aliphatic heterocycles. The van der Waals surface area contributed by atoms with Crippen molar-refractivity contribution < 1.29 is 9.47 Å². The van der Waals surface area contributed by atoms with Gasteiger partial charge in [0.1, 0.15) is 0 Å². The van der Waals surface area contributed by atoms with E-state index in [1.54, 1.807) is 0 Å². The van der Waals surface area contributed by atoms with Crippen molar-refractivity contribution in [1.82, 2.24) is 5.32 Å². The summed E-state index contributed by atoms with van der Waals surface area (Å²) in [5, 5.41) is 3.63. The highest BCUT2D eigenvalue weighted by Gasteiger charge is 2.41. The monoisotopic (exact) mass is 291 g/mol. The van der Waals surface area contributed by atoms with Gasteiger partial charge in [-0.2, -0.15) is 0 Å². The molecule has 1 unspecified atom stereocenters. The molecule has 1 atom stereocenters. The molecule has 3 heteroatoms. The van der Waals surface area contributed by atoms with E-state index in [2.05, 4.69) is 43.4 Å². The number of likely N-dealkylation sites (N-methyl/N-ethyl adjacent to an activating group) is 1. The summed E-state index contributed by atoms with van der Waals surface area (Å²) < 4.78 is 11.5. The minimum absolute atomic E-state index is 0.152. The highest BCUT2D eigenvalue weighted by Crippen LogP contribution is 2.37. The fourth-order valence-electron chi connectivity index (χ4n) is 3.30. The number of nitrogens with one attached hydrogen (secondary N) is 1. The number of rotatable bonds is 7. The van der Waals surface area contributed by atoms with Crippen molar-refractivity contribution in [2.24, 2.45) is 0 Å². The molecule has 1 aromatic carbocycles. The normalized spacial score (nSPS) is 19.4. The van der Waals surface area contributed by atoms with Crippen LogP contribution in [-0.2, 0) is 15.9 Å². The second-order valence-corrected chi connectivity index (χ2v) is 5.86. The zero-order chi connectivity index (χ0) is 15.1. The summed E-state index contributed by atoms with van der Waals surface area (Å²) in [5.41, 5.74) is 2.58. The third-order valence-corrected chi connectivity index (χ3v) is 4.53. The Morgan fingerprint density at radius 1 is 1.19 bits per heavy atom. The molecule has 1 N–H and O–H groups in total. The quantitative estimate of drug-likeness (QED) is 0.834. The molecule has 3 nitrogen and oxygen atoms in total. The van der Waals surface area contributed by atoms with E-state index in [0.717, 1.165) is 39.0 Å². The third-order valence-electron chi connectivity index (χ3n) is 4.53. The highest BCUT2D eigenvalue weighted by atomic mass is 16.5. The predicted octanol–water partition coefficient (Wildman–Crippen LogP) is 3.49. The fourth-order valence-corrected chi connectivity index (χ4v) is 3.30. The fraction of sp³-hybridized carbons (Fsp3) is 0.667. The number of hydrogen-bond donors (Lipinski definition) is 1. The van der Waals surface area contributed by atoms with E-state index in [1.165, 1.54) is 17.5 Å². The van der Waals surface area contributed by atoms with Crippen LogP contribution in [0.2, 0.25) is 0 Å². The standard InChI is InChI=1S/C18H29NO2/c1-4-6-15-7-9-16(10-8-15)17(19-5-2)18(20-3)11-13-21-14-12-18/h7-10,17,19H,4-6,11-14H2,1-3H3. The molecule has 0 aliphatic carbocycles. The molecule has 1 fully saturated rings. The molecule has 0 radical (unpaired) electrons. The maximum atomic E-state index is 5.98. The molecule has 0 amide bonds. The van der Waals surface area contributed by atoms with Gasteiger partial charge in [0.2, 0.25) is 0 Å². The third kappa shape index (κ3) is 3.85. The van der Waals surface area contributed by atoms with Gasteiger partial charge >= 0.3 is 0 Å². The molecule has 0 aromatic heterocycles. The molecule has 0 saturated carbocycles. The average Bonchev–Trinajstić information content (AvgIpc) is 2.54. The second-order valence-electron chi connectivity index (χ2n) is 5.86. The van der Waals surface area contributed by atoms with Crippen molar-refractivity contribution >= 4 is 0 Å². The van der Waals surface area contributed by atoms with Gasteiger partial charge in [-0.15, -0.1) is 0 Å². The number of hydrogen-bond acceptors (Lipinski definition) is 3. The Labute approximate surface area is 129 Å². The smallest absolute Gasteiger partial charge is 0.0916 e. The van der Waals surface area contributed by atoms with Gasteiger partial charge in [-0.05, 0) is 24.1 Å². The van der Waals surface area contributed by atoms with E-state index < -0.39 is 0 Å². The zero-order valence-corrected chi connectivity index (χ0v) is 13.7. The Morgan fingerprint density at radius 3 is 2.38 bits per heavy atom. The van der Waals surface area contributed by atoms with Crippen molar-refractivity contribution in [2.75, 3.05) is 26.9 Å². The number of aryl methyl sites for hydroxylation is 1. The van der Waals surface area contributed by atoms with E-state index in [9.17, 15) is 0 Å². The topological polar surface area (TPSA) is 30.5 Å². The SMILES string of the molecule is CCCc1ccc(C(NCC)C2(OC)CCOCC2)cc1. The molecule has 1 saturated heterocycles.